The second-order valence-corrected chi connectivity index (χ2v) is 8.46. The number of hydrogen-bond donors (Lipinski definition) is 0. The first kappa shape index (κ1) is 22.6. The number of ether oxygens (including phenoxy) is 1. The molecule has 35 heavy (non-hydrogen) atoms. The number of alkyl halides is 3. The van der Waals surface area contributed by atoms with Crippen molar-refractivity contribution in [3.8, 4) is 28.5 Å². The molecule has 0 unspecified atom stereocenters. The molecule has 0 aliphatic heterocycles. The minimum atomic E-state index is -4.45. The summed E-state index contributed by atoms with van der Waals surface area (Å²) in [6, 6.07) is 15.2. The van der Waals surface area contributed by atoms with E-state index in [0.29, 0.717) is 33.4 Å². The highest BCUT2D eigenvalue weighted by Gasteiger charge is 2.30. The highest BCUT2D eigenvalue weighted by Crippen LogP contribution is 2.32. The molecule has 0 saturated carbocycles. The smallest absolute Gasteiger partial charge is 0.416 e. The summed E-state index contributed by atoms with van der Waals surface area (Å²) in [6.45, 7) is 4.00. The van der Waals surface area contributed by atoms with Gasteiger partial charge in [0.15, 0.2) is 5.82 Å². The molecule has 3 heterocycles. The van der Waals surface area contributed by atoms with Crippen LogP contribution in [0.2, 0.25) is 0 Å². The van der Waals surface area contributed by atoms with Gasteiger partial charge in [-0.2, -0.15) is 22.7 Å². The van der Waals surface area contributed by atoms with Crippen molar-refractivity contribution >= 4 is 22.4 Å². The zero-order valence-electron chi connectivity index (χ0n) is 18.0. The Bertz CT molecular complexity index is 1630. The third kappa shape index (κ3) is 4.60. The van der Waals surface area contributed by atoms with E-state index >= 15 is 0 Å². The second kappa shape index (κ2) is 8.88. The van der Waals surface area contributed by atoms with Crippen molar-refractivity contribution < 1.29 is 22.3 Å². The minimum Gasteiger partial charge on any atom is -0.490 e. The Balaban J connectivity index is 1.42. The summed E-state index contributed by atoms with van der Waals surface area (Å²) in [7, 11) is 0. The third-order valence-corrected chi connectivity index (χ3v) is 6.00. The van der Waals surface area contributed by atoms with Gasteiger partial charge in [-0.05, 0) is 48.5 Å². The highest BCUT2D eigenvalue weighted by molar-refractivity contribution is 7.15. The van der Waals surface area contributed by atoms with E-state index in [1.54, 1.807) is 42.5 Å². The molecule has 0 atom stereocenters. The number of aromatic nitrogens is 3. The predicted molar refractivity (Wildman–Crippen MR) is 126 cm³/mol. The highest BCUT2D eigenvalue weighted by atomic mass is 32.1. The number of thiazole rings is 1. The monoisotopic (exact) mass is 495 g/mol. The number of fused-ring (bicyclic) bond motifs is 1. The first-order chi connectivity index (χ1) is 16.8. The summed E-state index contributed by atoms with van der Waals surface area (Å²) in [6.07, 6.45) is -1.28. The lowest BCUT2D eigenvalue weighted by Crippen LogP contribution is -2.23. The Morgan fingerprint density at radius 3 is 2.60 bits per heavy atom. The summed E-state index contributed by atoms with van der Waals surface area (Å²) in [5.41, 5.74) is -0.116. The molecule has 0 saturated heterocycles. The van der Waals surface area contributed by atoms with E-state index in [2.05, 4.69) is 16.7 Å². The predicted octanol–water partition coefficient (Wildman–Crippen LogP) is 5.21. The van der Waals surface area contributed by atoms with Crippen LogP contribution in [0.5, 0.6) is 5.75 Å². The van der Waals surface area contributed by atoms with Crippen LogP contribution in [0.3, 0.4) is 0 Å². The molecule has 0 radical (unpaired) electrons. The number of benzene rings is 2. The fourth-order valence-electron chi connectivity index (χ4n) is 3.37. The lowest BCUT2D eigenvalue weighted by molar-refractivity contribution is -0.137. The van der Waals surface area contributed by atoms with Crippen molar-refractivity contribution in [3.63, 3.8) is 0 Å². The molecule has 5 aromatic rings. The average Bonchev–Trinajstić information content (AvgIpc) is 3.55. The van der Waals surface area contributed by atoms with E-state index < -0.39 is 11.7 Å². The molecule has 0 amide bonds. The number of hydrogen-bond acceptors (Lipinski definition) is 6. The molecule has 0 fully saturated rings. The van der Waals surface area contributed by atoms with Crippen molar-refractivity contribution in [3.05, 3.63) is 99.5 Å². The molecule has 0 bridgehead atoms. The van der Waals surface area contributed by atoms with E-state index in [9.17, 15) is 18.0 Å². The third-order valence-electron chi connectivity index (χ3n) is 5.04. The van der Waals surface area contributed by atoms with Crippen LogP contribution in [0.4, 0.5) is 13.2 Å². The van der Waals surface area contributed by atoms with Crippen LogP contribution in [0.25, 0.3) is 33.7 Å². The maximum atomic E-state index is 13.0. The summed E-state index contributed by atoms with van der Waals surface area (Å²) in [5, 5.41) is 4.31. The molecule has 10 heteroatoms. The van der Waals surface area contributed by atoms with Crippen LogP contribution in [0.15, 0.2) is 82.5 Å². The summed E-state index contributed by atoms with van der Waals surface area (Å²) in [5.74, 6) is 1.67. The molecule has 6 nitrogen and oxygen atoms in total. The van der Waals surface area contributed by atoms with E-state index in [-0.39, 0.29) is 16.9 Å². The maximum Gasteiger partial charge on any atom is 0.416 e. The molecule has 176 valence electrons. The Labute approximate surface area is 200 Å². The van der Waals surface area contributed by atoms with Crippen LogP contribution in [-0.2, 0) is 6.18 Å². The zero-order valence-corrected chi connectivity index (χ0v) is 18.8. The molecular weight excluding hydrogens is 479 g/mol. The number of halogens is 3. The zero-order chi connectivity index (χ0) is 24.6. The van der Waals surface area contributed by atoms with Crippen molar-refractivity contribution in [2.45, 2.75) is 6.18 Å². The minimum absolute atomic E-state index is 0.261. The fourth-order valence-corrected chi connectivity index (χ4v) is 4.26. The van der Waals surface area contributed by atoms with Gasteiger partial charge in [0.05, 0.1) is 5.56 Å². The van der Waals surface area contributed by atoms with Crippen molar-refractivity contribution in [1.82, 2.24) is 14.6 Å². The normalized spacial score (nSPS) is 12.4. The van der Waals surface area contributed by atoms with Crippen molar-refractivity contribution in [2.24, 2.45) is 0 Å². The van der Waals surface area contributed by atoms with Gasteiger partial charge in [0.25, 0.3) is 5.56 Å². The van der Waals surface area contributed by atoms with Crippen LogP contribution < -0.4 is 14.8 Å². The van der Waals surface area contributed by atoms with Gasteiger partial charge in [-0.15, -0.1) is 5.10 Å². The van der Waals surface area contributed by atoms with Gasteiger partial charge in [-0.25, -0.2) is 0 Å². The fraction of sp³-hybridized carbons (Fsp3) is 0.0800. The molecule has 0 aliphatic carbocycles. The number of rotatable bonds is 6. The summed E-state index contributed by atoms with van der Waals surface area (Å²) in [4.78, 5) is 17.7. The van der Waals surface area contributed by atoms with Crippen molar-refractivity contribution in [1.29, 1.82) is 0 Å². The average molecular weight is 495 g/mol. The SMILES string of the molecule is C=CCOc1ccc(-c2nc3sc(=Cc4ccc(-c5cccc(C(F)(F)F)c5)o4)c(=O)n3n2)cc1. The van der Waals surface area contributed by atoms with Crippen LogP contribution in [0, 0.1) is 0 Å². The van der Waals surface area contributed by atoms with Gasteiger partial charge in [0.2, 0.25) is 4.96 Å². The summed E-state index contributed by atoms with van der Waals surface area (Å²) >= 11 is 1.14. The first-order valence-corrected chi connectivity index (χ1v) is 11.2. The molecule has 5 rings (SSSR count). The van der Waals surface area contributed by atoms with Gasteiger partial charge < -0.3 is 9.15 Å². The Morgan fingerprint density at radius 1 is 1.09 bits per heavy atom. The van der Waals surface area contributed by atoms with E-state index in [4.69, 9.17) is 9.15 Å². The van der Waals surface area contributed by atoms with Crippen LogP contribution >= 0.6 is 11.3 Å². The van der Waals surface area contributed by atoms with Gasteiger partial charge in [0, 0.05) is 17.2 Å². The second-order valence-electron chi connectivity index (χ2n) is 7.45. The first-order valence-electron chi connectivity index (χ1n) is 10.3. The lowest BCUT2D eigenvalue weighted by Gasteiger charge is -2.07. The topological polar surface area (TPSA) is 69.6 Å². The molecule has 0 spiro atoms. The van der Waals surface area contributed by atoms with E-state index in [1.165, 1.54) is 22.7 Å². The van der Waals surface area contributed by atoms with Gasteiger partial charge >= 0.3 is 6.18 Å². The van der Waals surface area contributed by atoms with Crippen LogP contribution in [0.1, 0.15) is 11.3 Å². The number of nitrogens with zero attached hydrogens (tertiary/aromatic N) is 3. The van der Waals surface area contributed by atoms with Crippen LogP contribution in [-0.4, -0.2) is 21.2 Å². The van der Waals surface area contributed by atoms with E-state index in [0.717, 1.165) is 29.0 Å². The van der Waals surface area contributed by atoms with Crippen molar-refractivity contribution in [2.75, 3.05) is 6.61 Å². The standard InChI is InChI=1S/C25H16F3N3O3S/c1-2-12-33-18-8-6-15(7-9-18)22-29-24-31(30-22)23(32)21(35-24)14-19-10-11-20(34-19)16-4-3-5-17(13-16)25(26,27)28/h2-11,13-14H,1,12H2. The lowest BCUT2D eigenvalue weighted by atomic mass is 10.1. The molecule has 2 aromatic carbocycles. The van der Waals surface area contributed by atoms with E-state index in [1.807, 2.05) is 0 Å². The molecule has 0 aliphatic rings. The van der Waals surface area contributed by atoms with Gasteiger partial charge in [-0.1, -0.05) is 36.1 Å². The maximum absolute atomic E-state index is 13.0. The largest absolute Gasteiger partial charge is 0.490 e. The molecular formula is C25H16F3N3O3S. The Morgan fingerprint density at radius 2 is 1.89 bits per heavy atom. The summed E-state index contributed by atoms with van der Waals surface area (Å²) < 4.78 is 51.7. The Kier molecular flexibility index (Phi) is 5.73. The Hall–Kier alpha value is -4.18. The number of furan rings is 1. The quantitative estimate of drug-likeness (QED) is 0.303. The molecule has 0 N–H and O–H groups in total. The molecule has 3 aromatic heterocycles. The van der Waals surface area contributed by atoms with Gasteiger partial charge in [-0.3, -0.25) is 4.79 Å². The van der Waals surface area contributed by atoms with Gasteiger partial charge in [0.1, 0.15) is 28.4 Å².